The van der Waals surface area contributed by atoms with E-state index >= 15 is 0 Å². The molecule has 2 aromatic carbocycles. The average molecular weight is 396 g/mol. The van der Waals surface area contributed by atoms with Crippen LogP contribution in [0.1, 0.15) is 30.4 Å². The number of aromatic hydroxyl groups is 2. The zero-order valence-electron chi connectivity index (χ0n) is 16.7. The first kappa shape index (κ1) is 20.3. The molecule has 152 valence electrons. The molecule has 0 amide bonds. The summed E-state index contributed by atoms with van der Waals surface area (Å²) in [7, 11) is 4.64. The minimum absolute atomic E-state index is 0.0300. The van der Waals surface area contributed by atoms with Gasteiger partial charge >= 0.3 is 0 Å². The van der Waals surface area contributed by atoms with Crippen LogP contribution >= 0.6 is 0 Å². The number of hydrogen-bond acceptors (Lipinski definition) is 6. The Morgan fingerprint density at radius 3 is 1.90 bits per heavy atom. The Morgan fingerprint density at radius 2 is 1.38 bits per heavy atom. The molecule has 0 atom stereocenters. The van der Waals surface area contributed by atoms with Crippen LogP contribution in [0, 0.1) is 0 Å². The lowest BCUT2D eigenvalue weighted by Crippen LogP contribution is -2.12. The molecule has 0 heterocycles. The van der Waals surface area contributed by atoms with E-state index in [1.165, 1.54) is 12.1 Å². The van der Waals surface area contributed by atoms with Gasteiger partial charge in [0.1, 0.15) is 0 Å². The Hall–Kier alpha value is -3.41. The third-order valence-corrected chi connectivity index (χ3v) is 4.84. The Balaban J connectivity index is 1.95. The van der Waals surface area contributed by atoms with Crippen LogP contribution in [-0.2, 0) is 4.79 Å². The van der Waals surface area contributed by atoms with Gasteiger partial charge in [0, 0.05) is 11.1 Å². The predicted octanol–water partition coefficient (Wildman–Crippen LogP) is 4.34. The molecule has 1 aliphatic rings. The Kier molecular flexibility index (Phi) is 6.12. The summed E-state index contributed by atoms with van der Waals surface area (Å²) in [6, 6.07) is 8.11. The number of methoxy groups -OCH3 is 3. The van der Waals surface area contributed by atoms with Crippen molar-refractivity contribution in [1.29, 1.82) is 0 Å². The topological polar surface area (TPSA) is 85.2 Å². The van der Waals surface area contributed by atoms with Crippen molar-refractivity contribution in [2.75, 3.05) is 21.3 Å². The van der Waals surface area contributed by atoms with Gasteiger partial charge in [-0.3, -0.25) is 4.79 Å². The van der Waals surface area contributed by atoms with Gasteiger partial charge < -0.3 is 24.4 Å². The lowest BCUT2D eigenvalue weighted by molar-refractivity contribution is -0.112. The van der Waals surface area contributed by atoms with Gasteiger partial charge in [0.25, 0.3) is 0 Å². The van der Waals surface area contributed by atoms with Crippen molar-refractivity contribution < 1.29 is 29.2 Å². The van der Waals surface area contributed by atoms with Crippen molar-refractivity contribution in [2.24, 2.45) is 0 Å². The molecule has 0 unspecified atom stereocenters. The minimum Gasteiger partial charge on any atom is -0.504 e. The van der Waals surface area contributed by atoms with E-state index in [9.17, 15) is 15.0 Å². The minimum atomic E-state index is -0.212. The number of benzene rings is 2. The number of carbonyl (C=O) groups is 1. The van der Waals surface area contributed by atoms with Crippen molar-refractivity contribution in [3.63, 3.8) is 0 Å². The van der Waals surface area contributed by atoms with Gasteiger partial charge in [0.15, 0.2) is 28.8 Å². The second-order valence-electron chi connectivity index (χ2n) is 6.73. The molecule has 1 saturated carbocycles. The average Bonchev–Trinajstić information content (AvgIpc) is 2.72. The molecule has 0 spiro atoms. The molecular weight excluding hydrogens is 372 g/mol. The number of Topliss-reactive ketones (excluding diaryl/α,β-unsaturated/α-hetero) is 1. The fourth-order valence-corrected chi connectivity index (χ4v) is 3.40. The normalized spacial score (nSPS) is 16.9. The first-order valence-corrected chi connectivity index (χ1v) is 9.24. The van der Waals surface area contributed by atoms with Gasteiger partial charge in [-0.25, -0.2) is 0 Å². The van der Waals surface area contributed by atoms with E-state index in [2.05, 4.69) is 0 Å². The maximum atomic E-state index is 13.0. The van der Waals surface area contributed by atoms with Crippen LogP contribution in [0.15, 0.2) is 41.5 Å². The summed E-state index contributed by atoms with van der Waals surface area (Å²) in [5.74, 6) is 1.12. The molecule has 0 saturated heterocycles. The van der Waals surface area contributed by atoms with Crippen molar-refractivity contribution >= 4 is 17.9 Å². The Morgan fingerprint density at radius 1 is 0.793 bits per heavy atom. The van der Waals surface area contributed by atoms with Crippen molar-refractivity contribution in [2.45, 2.75) is 19.3 Å². The van der Waals surface area contributed by atoms with E-state index in [1.54, 1.807) is 45.6 Å². The second kappa shape index (κ2) is 8.73. The fraction of sp³-hybridized carbons (Fsp3) is 0.261. The highest BCUT2D eigenvalue weighted by atomic mass is 16.5. The number of ether oxygens (including phenoxy) is 3. The smallest absolute Gasteiger partial charge is 0.203 e. The molecule has 1 aliphatic carbocycles. The van der Waals surface area contributed by atoms with Gasteiger partial charge in [-0.15, -0.1) is 0 Å². The number of phenolic OH excluding ortho intramolecular Hbond substituents is 2. The van der Waals surface area contributed by atoms with E-state index in [0.29, 0.717) is 46.8 Å². The molecule has 3 rings (SSSR count). The molecule has 6 heteroatoms. The lowest BCUT2D eigenvalue weighted by Gasteiger charge is -2.17. The van der Waals surface area contributed by atoms with Gasteiger partial charge in [-0.2, -0.15) is 0 Å². The van der Waals surface area contributed by atoms with Gasteiger partial charge in [-0.1, -0.05) is 6.07 Å². The molecule has 2 N–H and O–H groups in total. The number of ketones is 1. The van der Waals surface area contributed by atoms with Crippen LogP contribution < -0.4 is 14.2 Å². The van der Waals surface area contributed by atoms with E-state index in [4.69, 9.17) is 14.2 Å². The van der Waals surface area contributed by atoms with Crippen molar-refractivity contribution in [3.05, 3.63) is 52.6 Å². The SMILES string of the molecule is COc1cc(/C=C2\CCC/C(=C\c3ccc(O)c(O)c3)C2=O)cc(OC)c1OC. The number of hydrogen-bond donors (Lipinski definition) is 2. The highest BCUT2D eigenvalue weighted by Gasteiger charge is 2.21. The molecule has 6 nitrogen and oxygen atoms in total. The summed E-state index contributed by atoms with van der Waals surface area (Å²) in [5.41, 5.74) is 2.81. The van der Waals surface area contributed by atoms with Gasteiger partial charge in [0.2, 0.25) is 5.75 Å². The predicted molar refractivity (Wildman–Crippen MR) is 111 cm³/mol. The zero-order valence-corrected chi connectivity index (χ0v) is 16.7. The van der Waals surface area contributed by atoms with Crippen LogP contribution in [0.4, 0.5) is 0 Å². The number of phenols is 2. The largest absolute Gasteiger partial charge is 0.504 e. The molecule has 1 fully saturated rings. The second-order valence-corrected chi connectivity index (χ2v) is 6.73. The van der Waals surface area contributed by atoms with Crippen molar-refractivity contribution in [1.82, 2.24) is 0 Å². The van der Waals surface area contributed by atoms with Crippen LogP contribution in [-0.4, -0.2) is 37.3 Å². The van der Waals surface area contributed by atoms with Gasteiger partial charge in [-0.05, 0) is 66.8 Å². The third kappa shape index (κ3) is 4.37. The monoisotopic (exact) mass is 396 g/mol. The van der Waals surface area contributed by atoms with E-state index < -0.39 is 0 Å². The highest BCUT2D eigenvalue weighted by Crippen LogP contribution is 2.39. The molecule has 0 radical (unpaired) electrons. The first-order valence-electron chi connectivity index (χ1n) is 9.24. The number of rotatable bonds is 5. The Bertz CT molecular complexity index is 962. The molecule has 2 aromatic rings. The molecule has 0 aromatic heterocycles. The summed E-state index contributed by atoms with van der Waals surface area (Å²) in [5, 5.41) is 19.1. The zero-order chi connectivity index (χ0) is 21.0. The molecule has 0 aliphatic heterocycles. The van der Waals surface area contributed by atoms with Crippen LogP contribution in [0.3, 0.4) is 0 Å². The van der Waals surface area contributed by atoms with Crippen molar-refractivity contribution in [3.8, 4) is 28.7 Å². The molecule has 29 heavy (non-hydrogen) atoms. The van der Waals surface area contributed by atoms with Crippen LogP contribution in [0.25, 0.3) is 12.2 Å². The fourth-order valence-electron chi connectivity index (χ4n) is 3.40. The van der Waals surface area contributed by atoms with Crippen LogP contribution in [0.5, 0.6) is 28.7 Å². The Labute approximate surface area is 169 Å². The number of allylic oxidation sites excluding steroid dienone is 2. The quantitative estimate of drug-likeness (QED) is 0.578. The maximum absolute atomic E-state index is 13.0. The third-order valence-electron chi connectivity index (χ3n) is 4.84. The standard InChI is InChI=1S/C23H24O6/c1-27-20-12-15(13-21(28-2)23(20)29-3)10-17-6-4-5-16(22(17)26)9-14-7-8-18(24)19(25)11-14/h7-13,24-25H,4-6H2,1-3H3/b16-9+,17-10+. The van der Waals surface area contributed by atoms with E-state index in [1.807, 2.05) is 6.08 Å². The highest BCUT2D eigenvalue weighted by molar-refractivity contribution is 6.14. The first-order chi connectivity index (χ1) is 14.0. The summed E-state index contributed by atoms with van der Waals surface area (Å²) >= 11 is 0. The number of carbonyl (C=O) groups excluding carboxylic acids is 1. The van der Waals surface area contributed by atoms with E-state index in [-0.39, 0.29) is 17.3 Å². The summed E-state index contributed by atoms with van der Waals surface area (Å²) < 4.78 is 16.1. The van der Waals surface area contributed by atoms with Crippen LogP contribution in [0.2, 0.25) is 0 Å². The summed E-state index contributed by atoms with van der Waals surface area (Å²) in [4.78, 5) is 13.0. The van der Waals surface area contributed by atoms with E-state index in [0.717, 1.165) is 12.0 Å². The summed E-state index contributed by atoms with van der Waals surface area (Å²) in [6.45, 7) is 0. The summed E-state index contributed by atoms with van der Waals surface area (Å²) in [6.07, 6.45) is 5.77. The lowest BCUT2D eigenvalue weighted by atomic mass is 9.86. The molecule has 0 bridgehead atoms. The maximum Gasteiger partial charge on any atom is 0.203 e. The van der Waals surface area contributed by atoms with Gasteiger partial charge in [0.05, 0.1) is 21.3 Å². The molecular formula is C23H24O6.